The highest BCUT2D eigenvalue weighted by atomic mass is 32.3. The van der Waals surface area contributed by atoms with Gasteiger partial charge in [-0.05, 0) is 66.3 Å². The van der Waals surface area contributed by atoms with Gasteiger partial charge in [-0.1, -0.05) is 36.4 Å². The highest BCUT2D eigenvalue weighted by Gasteiger charge is 2.21. The molecule has 152 valence electrons. The van der Waals surface area contributed by atoms with E-state index in [1.807, 2.05) is 13.0 Å². The van der Waals surface area contributed by atoms with Crippen LogP contribution in [0.3, 0.4) is 0 Å². The van der Waals surface area contributed by atoms with Gasteiger partial charge in [0.1, 0.15) is 5.82 Å². The monoisotopic (exact) mass is 408 g/mol. The van der Waals surface area contributed by atoms with Crippen molar-refractivity contribution in [1.82, 2.24) is 9.88 Å². The molecule has 0 saturated carbocycles. The number of hydrogen-bond donors (Lipinski definition) is 0. The highest BCUT2D eigenvalue weighted by molar-refractivity contribution is 8.32. The van der Waals surface area contributed by atoms with E-state index < -0.39 is 0 Å². The second kappa shape index (κ2) is 7.92. The Hall–Kier alpha value is -2.17. The Balaban J connectivity index is 1.58. The van der Waals surface area contributed by atoms with E-state index in [-0.39, 0.29) is 15.8 Å². The summed E-state index contributed by atoms with van der Waals surface area (Å²) in [5.74, 6) is 2.44. The number of benzene rings is 2. The first-order valence-corrected chi connectivity index (χ1v) is 12.9. The van der Waals surface area contributed by atoms with Crippen LogP contribution in [0.25, 0.3) is 27.7 Å². The van der Waals surface area contributed by atoms with Gasteiger partial charge < -0.3 is 0 Å². The van der Waals surface area contributed by atoms with E-state index in [0.717, 1.165) is 39.8 Å². The lowest BCUT2D eigenvalue weighted by molar-refractivity contribution is 0.293. The molecule has 2 heterocycles. The fraction of sp³-hybridized carbons (Fsp3) is 0.320. The first-order valence-electron chi connectivity index (χ1n) is 10.1. The van der Waals surface area contributed by atoms with Crippen molar-refractivity contribution in [3.8, 4) is 11.3 Å². The normalized spacial score (nSPS) is 17.9. The lowest BCUT2D eigenvalue weighted by Crippen LogP contribution is -2.37. The zero-order valence-electron chi connectivity index (χ0n) is 17.5. The van der Waals surface area contributed by atoms with Gasteiger partial charge in [-0.3, -0.25) is 4.90 Å². The average Bonchev–Trinajstić information content (AvgIpc) is 2.69. The van der Waals surface area contributed by atoms with Crippen molar-refractivity contribution in [2.45, 2.75) is 13.5 Å². The van der Waals surface area contributed by atoms with Crippen LogP contribution in [0.15, 0.2) is 55.1 Å². The summed E-state index contributed by atoms with van der Waals surface area (Å²) < 4.78 is 13.7. The summed E-state index contributed by atoms with van der Waals surface area (Å²) in [5.41, 5.74) is 5.97. The number of nitrogens with zero attached hydrogens (tertiary/aromatic N) is 2. The Kier molecular flexibility index (Phi) is 5.50. The summed E-state index contributed by atoms with van der Waals surface area (Å²) in [5, 5.41) is 0.813. The topological polar surface area (TPSA) is 16.1 Å². The number of rotatable bonds is 4. The van der Waals surface area contributed by atoms with Crippen molar-refractivity contribution >= 4 is 26.5 Å². The number of hydrogen-bond acceptors (Lipinski definition) is 2. The number of allylic oxidation sites excluding steroid dienone is 1. The molecule has 1 fully saturated rings. The lowest BCUT2D eigenvalue weighted by atomic mass is 9.99. The number of halogens is 1. The van der Waals surface area contributed by atoms with Gasteiger partial charge in [0.25, 0.3) is 0 Å². The van der Waals surface area contributed by atoms with Gasteiger partial charge in [0.05, 0.1) is 11.2 Å². The van der Waals surface area contributed by atoms with Crippen LogP contribution in [0.1, 0.15) is 18.1 Å². The Morgan fingerprint density at radius 3 is 2.41 bits per heavy atom. The maximum Gasteiger partial charge on any atom is 0.123 e. The van der Waals surface area contributed by atoms with Crippen molar-refractivity contribution in [2.24, 2.45) is 0 Å². The van der Waals surface area contributed by atoms with Crippen LogP contribution in [0, 0.1) is 5.82 Å². The molecule has 0 spiro atoms. The van der Waals surface area contributed by atoms with Crippen molar-refractivity contribution in [3.05, 3.63) is 72.1 Å². The predicted octanol–water partition coefficient (Wildman–Crippen LogP) is 5.95. The minimum atomic E-state index is -0.363. The maximum atomic E-state index is 13.7. The molecule has 1 aliphatic heterocycles. The molecule has 3 aromatic rings. The molecule has 0 bridgehead atoms. The molecule has 0 radical (unpaired) electrons. The van der Waals surface area contributed by atoms with Gasteiger partial charge in [0.2, 0.25) is 0 Å². The molecular formula is C25H29FN2S. The molecule has 4 rings (SSSR count). The zero-order valence-corrected chi connectivity index (χ0v) is 18.4. The molecule has 0 aliphatic carbocycles. The first-order chi connectivity index (χ1) is 13.8. The third-order valence-electron chi connectivity index (χ3n) is 5.81. The quantitative estimate of drug-likeness (QED) is 0.530. The Labute approximate surface area is 174 Å². The molecule has 4 heteroatoms. The van der Waals surface area contributed by atoms with Crippen LogP contribution in [0.5, 0.6) is 0 Å². The van der Waals surface area contributed by atoms with Gasteiger partial charge in [0, 0.05) is 30.6 Å². The van der Waals surface area contributed by atoms with Gasteiger partial charge in [-0.2, -0.15) is 0 Å². The van der Waals surface area contributed by atoms with E-state index in [0.29, 0.717) is 0 Å². The zero-order chi connectivity index (χ0) is 20.6. The van der Waals surface area contributed by atoms with E-state index in [1.165, 1.54) is 36.2 Å². The highest BCUT2D eigenvalue weighted by Crippen LogP contribution is 2.41. The molecular weight excluding hydrogens is 379 g/mol. The van der Waals surface area contributed by atoms with Gasteiger partial charge >= 0.3 is 0 Å². The van der Waals surface area contributed by atoms with Crippen molar-refractivity contribution < 1.29 is 4.39 Å². The third kappa shape index (κ3) is 4.54. The molecule has 1 aromatic heterocycles. The average molecular weight is 409 g/mol. The van der Waals surface area contributed by atoms with Crippen LogP contribution in [0.2, 0.25) is 0 Å². The molecule has 29 heavy (non-hydrogen) atoms. The van der Waals surface area contributed by atoms with Crippen LogP contribution in [0.4, 0.5) is 4.39 Å². The Bertz CT molecular complexity index is 1050. The van der Waals surface area contributed by atoms with Crippen LogP contribution in [-0.4, -0.2) is 47.0 Å². The Morgan fingerprint density at radius 2 is 1.76 bits per heavy atom. The second-order valence-corrected chi connectivity index (χ2v) is 13.0. The molecule has 1 aliphatic rings. The molecule has 1 saturated heterocycles. The van der Waals surface area contributed by atoms with E-state index in [9.17, 15) is 4.39 Å². The summed E-state index contributed by atoms with van der Waals surface area (Å²) in [6, 6.07) is 15.5. The van der Waals surface area contributed by atoms with E-state index in [1.54, 1.807) is 12.1 Å². The Morgan fingerprint density at radius 1 is 1.07 bits per heavy atom. The van der Waals surface area contributed by atoms with E-state index in [4.69, 9.17) is 4.98 Å². The second-order valence-electron chi connectivity index (χ2n) is 8.65. The van der Waals surface area contributed by atoms with Gasteiger partial charge in [0.15, 0.2) is 0 Å². The summed E-state index contributed by atoms with van der Waals surface area (Å²) in [4.78, 5) is 7.34. The molecule has 0 unspecified atom stereocenters. The minimum absolute atomic E-state index is 0.249. The van der Waals surface area contributed by atoms with Crippen molar-refractivity contribution in [3.63, 3.8) is 0 Å². The van der Waals surface area contributed by atoms with E-state index in [2.05, 4.69) is 48.3 Å². The SMILES string of the molecule is C=C(C)c1cc(-c2ccc(CN3CCS(C)(C)CC3)cc2)nc2ccc(F)cc12. The number of pyridine rings is 1. The maximum absolute atomic E-state index is 13.7. The smallest absolute Gasteiger partial charge is 0.123 e. The lowest BCUT2D eigenvalue weighted by Gasteiger charge is -2.41. The summed E-state index contributed by atoms with van der Waals surface area (Å²) in [7, 11) is -0.363. The van der Waals surface area contributed by atoms with E-state index >= 15 is 0 Å². The minimum Gasteiger partial charge on any atom is -0.298 e. The number of fused-ring (bicyclic) bond motifs is 1. The van der Waals surface area contributed by atoms with Crippen LogP contribution in [-0.2, 0) is 6.54 Å². The summed E-state index contributed by atoms with van der Waals surface area (Å²) >= 11 is 0. The summed E-state index contributed by atoms with van der Waals surface area (Å²) in [6.45, 7) is 9.45. The van der Waals surface area contributed by atoms with Crippen molar-refractivity contribution in [1.29, 1.82) is 0 Å². The van der Waals surface area contributed by atoms with Crippen LogP contribution < -0.4 is 0 Å². The third-order valence-corrected chi connectivity index (χ3v) is 8.38. The molecule has 0 atom stereocenters. The number of aromatic nitrogens is 1. The fourth-order valence-corrected chi connectivity index (χ4v) is 5.57. The molecule has 0 N–H and O–H groups in total. The van der Waals surface area contributed by atoms with Crippen molar-refractivity contribution in [2.75, 3.05) is 37.1 Å². The largest absolute Gasteiger partial charge is 0.298 e. The fourth-order valence-electron chi connectivity index (χ4n) is 3.86. The first kappa shape index (κ1) is 20.1. The molecule has 0 amide bonds. The summed E-state index contributed by atoms with van der Waals surface area (Å²) in [6.07, 6.45) is 4.90. The van der Waals surface area contributed by atoms with Gasteiger partial charge in [-0.15, -0.1) is 0 Å². The molecule has 2 aromatic carbocycles. The molecule has 2 nitrogen and oxygen atoms in total. The standard InChI is InChI=1S/C25H29FN2S/c1-18(2)22-16-25(27-24-10-9-21(26)15-23(22)24)20-7-5-19(6-8-20)17-28-11-13-29(3,4)14-12-28/h5-10,15-16H,1,11-14,17H2,2-4H3. The predicted molar refractivity (Wildman–Crippen MR) is 126 cm³/mol. The van der Waals surface area contributed by atoms with Crippen LogP contribution >= 0.6 is 10.0 Å². The van der Waals surface area contributed by atoms with Gasteiger partial charge in [-0.25, -0.2) is 19.4 Å².